The standard InChI is InChI=1S/C17H22O5/c1-11(10-21-13(3)19)6-16(20)22-15-7-14(9-18)17(4,5)8-12(15)2/h6-9,15H,10H2,1-5H3/b11-6+. The maximum Gasteiger partial charge on any atom is 0.331 e. The highest BCUT2D eigenvalue weighted by Gasteiger charge is 2.29. The van der Waals surface area contributed by atoms with Crippen molar-refractivity contribution in [1.82, 2.24) is 0 Å². The van der Waals surface area contributed by atoms with E-state index in [1.165, 1.54) is 13.0 Å². The molecule has 5 heteroatoms. The van der Waals surface area contributed by atoms with Gasteiger partial charge in [-0.05, 0) is 31.1 Å². The largest absolute Gasteiger partial charge is 0.461 e. The molecule has 0 aliphatic heterocycles. The van der Waals surface area contributed by atoms with Gasteiger partial charge < -0.3 is 9.47 Å². The zero-order chi connectivity index (χ0) is 16.9. The Morgan fingerprint density at radius 2 is 1.95 bits per heavy atom. The Bertz CT molecular complexity index is 564. The van der Waals surface area contributed by atoms with Gasteiger partial charge in [-0.1, -0.05) is 19.9 Å². The van der Waals surface area contributed by atoms with E-state index in [-0.39, 0.29) is 12.0 Å². The molecule has 0 fully saturated rings. The number of rotatable bonds is 5. The molecule has 0 aromatic rings. The van der Waals surface area contributed by atoms with E-state index in [1.54, 1.807) is 13.0 Å². The van der Waals surface area contributed by atoms with Crippen molar-refractivity contribution < 1.29 is 23.9 Å². The monoisotopic (exact) mass is 306 g/mol. The second-order valence-corrected chi connectivity index (χ2v) is 5.98. The molecular weight excluding hydrogens is 284 g/mol. The van der Waals surface area contributed by atoms with Crippen molar-refractivity contribution in [3.05, 3.63) is 34.9 Å². The first-order valence-electron chi connectivity index (χ1n) is 7.03. The summed E-state index contributed by atoms with van der Waals surface area (Å²) in [5, 5.41) is 0. The molecule has 0 saturated carbocycles. The summed E-state index contributed by atoms with van der Waals surface area (Å²) in [6.45, 7) is 8.73. The van der Waals surface area contributed by atoms with Crippen LogP contribution < -0.4 is 0 Å². The number of allylic oxidation sites excluding steroid dienone is 2. The van der Waals surface area contributed by atoms with Gasteiger partial charge in [-0.3, -0.25) is 9.59 Å². The van der Waals surface area contributed by atoms with Crippen LogP contribution in [0.15, 0.2) is 34.9 Å². The molecule has 0 heterocycles. The lowest BCUT2D eigenvalue weighted by Gasteiger charge is -2.29. The van der Waals surface area contributed by atoms with E-state index >= 15 is 0 Å². The third-order valence-corrected chi connectivity index (χ3v) is 3.35. The first kappa shape index (κ1) is 17.9. The Balaban J connectivity index is 2.76. The van der Waals surface area contributed by atoms with Crippen molar-refractivity contribution in [3.8, 4) is 0 Å². The Labute approximate surface area is 130 Å². The summed E-state index contributed by atoms with van der Waals surface area (Å²) >= 11 is 0. The van der Waals surface area contributed by atoms with Gasteiger partial charge in [0.1, 0.15) is 19.0 Å². The Morgan fingerprint density at radius 3 is 2.50 bits per heavy atom. The van der Waals surface area contributed by atoms with Crippen LogP contribution in [-0.2, 0) is 23.9 Å². The normalized spacial score (nSPS) is 20.6. The van der Waals surface area contributed by atoms with Crippen molar-refractivity contribution in [2.24, 2.45) is 5.41 Å². The maximum atomic E-state index is 11.9. The quantitative estimate of drug-likeness (QED) is 0.338. The average molecular weight is 306 g/mol. The SMILES string of the molecule is CC(=O)OC/C(C)=C/C(=O)OC1C=C(C=O)C(C)(C)C=C1C. The smallest absolute Gasteiger partial charge is 0.331 e. The molecule has 120 valence electrons. The first-order valence-corrected chi connectivity index (χ1v) is 7.03. The second-order valence-electron chi connectivity index (χ2n) is 5.98. The van der Waals surface area contributed by atoms with Crippen LogP contribution in [0.1, 0.15) is 34.6 Å². The summed E-state index contributed by atoms with van der Waals surface area (Å²) in [5.74, 6) is -0.948. The fourth-order valence-electron chi connectivity index (χ4n) is 2.18. The van der Waals surface area contributed by atoms with Crippen LogP contribution in [0.4, 0.5) is 0 Å². The van der Waals surface area contributed by atoms with Crippen molar-refractivity contribution >= 4 is 18.2 Å². The Kier molecular flexibility index (Phi) is 5.85. The number of carbonyl (C=O) groups excluding carboxylic acids is 3. The lowest BCUT2D eigenvalue weighted by molar-refractivity contribution is -0.141. The molecule has 0 saturated heterocycles. The Hall–Kier alpha value is -2.17. The van der Waals surface area contributed by atoms with E-state index in [2.05, 4.69) is 0 Å². The molecule has 1 aliphatic carbocycles. The van der Waals surface area contributed by atoms with Gasteiger partial charge in [-0.2, -0.15) is 0 Å². The van der Waals surface area contributed by atoms with Crippen LogP contribution in [0.25, 0.3) is 0 Å². The molecule has 0 radical (unpaired) electrons. The predicted molar refractivity (Wildman–Crippen MR) is 82.0 cm³/mol. The number of aldehydes is 1. The molecular formula is C17H22O5. The number of hydrogen-bond donors (Lipinski definition) is 0. The van der Waals surface area contributed by atoms with Crippen molar-refractivity contribution in [3.63, 3.8) is 0 Å². The molecule has 0 aromatic heterocycles. The molecule has 5 nitrogen and oxygen atoms in total. The van der Waals surface area contributed by atoms with Gasteiger partial charge in [0.2, 0.25) is 0 Å². The van der Waals surface area contributed by atoms with E-state index in [4.69, 9.17) is 9.47 Å². The van der Waals surface area contributed by atoms with Crippen LogP contribution in [-0.4, -0.2) is 30.9 Å². The highest BCUT2D eigenvalue weighted by atomic mass is 16.5. The topological polar surface area (TPSA) is 69.7 Å². The lowest BCUT2D eigenvalue weighted by atomic mass is 9.78. The van der Waals surface area contributed by atoms with Gasteiger partial charge in [0.25, 0.3) is 0 Å². The predicted octanol–water partition coefficient (Wildman–Crippen LogP) is 2.52. The number of carbonyl (C=O) groups is 3. The maximum absolute atomic E-state index is 11.9. The highest BCUT2D eigenvalue weighted by molar-refractivity contribution is 5.84. The van der Waals surface area contributed by atoms with Crippen LogP contribution in [0.2, 0.25) is 0 Å². The molecule has 0 bridgehead atoms. The molecule has 1 atom stereocenters. The first-order chi connectivity index (χ1) is 10.2. The average Bonchev–Trinajstić information content (AvgIpc) is 2.38. The third-order valence-electron chi connectivity index (χ3n) is 3.35. The zero-order valence-corrected chi connectivity index (χ0v) is 13.6. The fraction of sp³-hybridized carbons (Fsp3) is 0.471. The fourth-order valence-corrected chi connectivity index (χ4v) is 2.18. The van der Waals surface area contributed by atoms with Gasteiger partial charge in [0, 0.05) is 24.0 Å². The van der Waals surface area contributed by atoms with Gasteiger partial charge in [-0.15, -0.1) is 0 Å². The minimum Gasteiger partial charge on any atom is -0.461 e. The number of ether oxygens (including phenoxy) is 2. The molecule has 1 aliphatic rings. The van der Waals surface area contributed by atoms with Crippen molar-refractivity contribution in [2.75, 3.05) is 6.61 Å². The molecule has 0 aromatic carbocycles. The van der Waals surface area contributed by atoms with E-state index in [9.17, 15) is 14.4 Å². The number of esters is 2. The summed E-state index contributed by atoms with van der Waals surface area (Å²) in [7, 11) is 0. The van der Waals surface area contributed by atoms with Crippen molar-refractivity contribution in [2.45, 2.75) is 40.7 Å². The van der Waals surface area contributed by atoms with Crippen molar-refractivity contribution in [1.29, 1.82) is 0 Å². The third kappa shape index (κ3) is 4.98. The lowest BCUT2D eigenvalue weighted by Crippen LogP contribution is -2.26. The molecule has 0 amide bonds. The molecule has 1 rings (SSSR count). The molecule has 1 unspecified atom stereocenters. The van der Waals surface area contributed by atoms with Crippen LogP contribution in [0.3, 0.4) is 0 Å². The van der Waals surface area contributed by atoms with Crippen LogP contribution in [0, 0.1) is 5.41 Å². The minimum absolute atomic E-state index is 0.0480. The summed E-state index contributed by atoms with van der Waals surface area (Å²) in [4.78, 5) is 33.7. The minimum atomic E-state index is -0.557. The van der Waals surface area contributed by atoms with Crippen LogP contribution in [0.5, 0.6) is 0 Å². The van der Waals surface area contributed by atoms with Gasteiger partial charge in [-0.25, -0.2) is 4.79 Å². The summed E-state index contributed by atoms with van der Waals surface area (Å²) in [6, 6.07) is 0. The number of hydrogen-bond acceptors (Lipinski definition) is 5. The van der Waals surface area contributed by atoms with Gasteiger partial charge in [0.05, 0.1) is 0 Å². The van der Waals surface area contributed by atoms with E-state index < -0.39 is 18.0 Å². The van der Waals surface area contributed by atoms with E-state index in [1.807, 2.05) is 26.8 Å². The summed E-state index contributed by atoms with van der Waals surface area (Å²) in [6.07, 6.45) is 5.09. The summed E-state index contributed by atoms with van der Waals surface area (Å²) < 4.78 is 10.1. The Morgan fingerprint density at radius 1 is 1.32 bits per heavy atom. The van der Waals surface area contributed by atoms with E-state index in [0.717, 1.165) is 11.9 Å². The molecule has 0 N–H and O–H groups in total. The zero-order valence-electron chi connectivity index (χ0n) is 13.6. The van der Waals surface area contributed by atoms with Gasteiger partial charge >= 0.3 is 11.9 Å². The summed E-state index contributed by atoms with van der Waals surface area (Å²) in [5.41, 5.74) is 1.67. The highest BCUT2D eigenvalue weighted by Crippen LogP contribution is 2.34. The molecule has 22 heavy (non-hydrogen) atoms. The molecule has 0 spiro atoms. The van der Waals surface area contributed by atoms with Gasteiger partial charge in [0.15, 0.2) is 0 Å². The second kappa shape index (κ2) is 7.20. The van der Waals surface area contributed by atoms with Crippen LogP contribution >= 0.6 is 0 Å². The van der Waals surface area contributed by atoms with E-state index in [0.29, 0.717) is 11.1 Å².